The number of hydrogen-bond acceptors (Lipinski definition) is 11. The van der Waals surface area contributed by atoms with Crippen molar-refractivity contribution in [1.82, 2.24) is 54.2 Å². The van der Waals surface area contributed by atoms with Crippen molar-refractivity contribution in [3.05, 3.63) is 68.2 Å². The van der Waals surface area contributed by atoms with E-state index in [0.29, 0.717) is 36.9 Å². The van der Waals surface area contributed by atoms with Crippen molar-refractivity contribution in [2.45, 2.75) is 176 Å². The third-order valence-corrected chi connectivity index (χ3v) is 11.3. The van der Waals surface area contributed by atoms with Crippen LogP contribution >= 0.6 is 15.9 Å². The van der Waals surface area contributed by atoms with E-state index >= 15 is 0 Å². The maximum absolute atomic E-state index is 12.3. The van der Waals surface area contributed by atoms with Gasteiger partial charge in [-0.3, -0.25) is 33.3 Å². The third kappa shape index (κ3) is 18.1. The quantitative estimate of drug-likeness (QED) is 0.149. The number of nitrogens with two attached hydrogens (primary N) is 1. The second kappa shape index (κ2) is 22.6. The summed E-state index contributed by atoms with van der Waals surface area (Å²) in [5, 5.41) is 20.4. The first-order chi connectivity index (χ1) is 29.8. The summed E-state index contributed by atoms with van der Waals surface area (Å²) >= 11 is 3.55. The van der Waals surface area contributed by atoms with Gasteiger partial charge in [-0.05, 0) is 155 Å². The minimum Gasteiger partial charge on any atom is -0.444 e. The first-order valence-corrected chi connectivity index (χ1v) is 23.2. The number of halogens is 1. The Bertz CT molecular complexity index is 2140. The molecule has 4 saturated carbocycles. The Balaban J connectivity index is 0.000000188. The van der Waals surface area contributed by atoms with Gasteiger partial charge in [0.2, 0.25) is 0 Å². The van der Waals surface area contributed by atoms with E-state index in [0.717, 1.165) is 83.2 Å². The smallest absolute Gasteiger partial charge is 0.410 e. The van der Waals surface area contributed by atoms with Crippen molar-refractivity contribution in [1.29, 1.82) is 0 Å². The summed E-state index contributed by atoms with van der Waals surface area (Å²) in [5.74, 6) is 0. The summed E-state index contributed by atoms with van der Waals surface area (Å²) < 4.78 is 19.1. The molecule has 356 valence electrons. The van der Waals surface area contributed by atoms with Gasteiger partial charge in [0.05, 0.1) is 57.4 Å². The van der Waals surface area contributed by atoms with E-state index in [9.17, 15) is 14.4 Å². The van der Waals surface area contributed by atoms with Gasteiger partial charge >= 0.3 is 12.2 Å². The van der Waals surface area contributed by atoms with Gasteiger partial charge in [0.25, 0.3) is 0 Å². The molecule has 8 rings (SSSR count). The number of ether oxygens (including phenoxy) is 2. The second-order valence-electron chi connectivity index (χ2n) is 19.4. The van der Waals surface area contributed by atoms with E-state index in [1.165, 1.54) is 31.4 Å². The zero-order valence-corrected chi connectivity index (χ0v) is 42.5. The number of carbonyl (C=O) groups is 3. The molecule has 17 nitrogen and oxygen atoms in total. The molecule has 0 aliphatic heterocycles. The van der Waals surface area contributed by atoms with Crippen molar-refractivity contribution in [2.75, 3.05) is 0 Å². The predicted octanol–water partition coefficient (Wildman–Crippen LogP) is 7.65. The van der Waals surface area contributed by atoms with Gasteiger partial charge in [0.15, 0.2) is 6.29 Å². The van der Waals surface area contributed by atoms with E-state index < -0.39 is 11.2 Å². The van der Waals surface area contributed by atoms with Crippen LogP contribution < -0.4 is 11.1 Å². The Hall–Kier alpha value is -4.55. The molecule has 0 saturated heterocycles. The van der Waals surface area contributed by atoms with Crippen LogP contribution in [0.3, 0.4) is 0 Å². The average Bonchev–Trinajstić information content (AvgIpc) is 3.99. The van der Waals surface area contributed by atoms with Gasteiger partial charge in [-0.25, -0.2) is 9.59 Å². The molecule has 0 aromatic carbocycles. The average molecular weight is 956 g/mol. The molecule has 2 amide bonds. The van der Waals surface area contributed by atoms with Crippen molar-refractivity contribution in [3.63, 3.8) is 0 Å². The molecule has 4 fully saturated rings. The number of carbonyl (C=O) groups excluding carboxylic acids is 3. The summed E-state index contributed by atoms with van der Waals surface area (Å²) in [7, 11) is 7.55. The Labute approximate surface area is 388 Å². The lowest BCUT2D eigenvalue weighted by Crippen LogP contribution is -2.38. The second-order valence-corrected chi connectivity index (χ2v) is 20.2. The molecule has 0 unspecified atom stereocenters. The van der Waals surface area contributed by atoms with Crippen molar-refractivity contribution in [2.24, 2.45) is 33.9 Å². The van der Waals surface area contributed by atoms with E-state index in [1.54, 1.807) is 17.8 Å². The standard InChI is InChI=1S/C14H22BrN3O2.C14H23N3O2.C9H15N3.C6H8N2O.C3H7N/c1-9-12(15)11(17(5)16-9)8-18(10-6-7-10)13(19)20-14(2,3)4;1-10-8-12(16(5)15-10)9-17(11-6-7-11)13(18)19-14(2,3)4;1-7-5-9(12(2)11-7)6-10-8-3-4-8;1-5-3-6(4-9)8(2)7-5;4-3-1-2-3/h10H,6-8H2,1-5H3;8,11H,6-7,9H2,1-5H3;5,8,10H,3-4,6H2,1-2H3;3-4H,1-2H3;3H,1-2,4H2. The molecular weight excluding hydrogens is 880 g/mol. The lowest BCUT2D eigenvalue weighted by molar-refractivity contribution is 0.0201. The number of aryl methyl sites for hydroxylation is 8. The topological polar surface area (TPSA) is 185 Å². The molecule has 0 radical (unpaired) electrons. The highest BCUT2D eigenvalue weighted by Crippen LogP contribution is 2.32. The minimum atomic E-state index is -0.468. The summed E-state index contributed by atoms with van der Waals surface area (Å²) in [5.41, 5.74) is 12.1. The molecule has 0 atom stereocenters. The van der Waals surface area contributed by atoms with Gasteiger partial charge in [-0.1, -0.05) is 0 Å². The first-order valence-electron chi connectivity index (χ1n) is 22.4. The summed E-state index contributed by atoms with van der Waals surface area (Å²) in [6.45, 7) is 21.2. The molecule has 4 aliphatic rings. The monoisotopic (exact) mass is 955 g/mol. The Kier molecular flexibility index (Phi) is 18.4. The summed E-state index contributed by atoms with van der Waals surface area (Å²) in [6.07, 6.45) is 9.76. The van der Waals surface area contributed by atoms with E-state index in [4.69, 9.17) is 15.2 Å². The Morgan fingerprint density at radius 3 is 1.45 bits per heavy atom. The molecule has 18 heteroatoms. The lowest BCUT2D eigenvalue weighted by Gasteiger charge is -2.27. The van der Waals surface area contributed by atoms with Crippen LogP contribution in [0.25, 0.3) is 0 Å². The largest absolute Gasteiger partial charge is 0.444 e. The Morgan fingerprint density at radius 2 is 1.14 bits per heavy atom. The summed E-state index contributed by atoms with van der Waals surface area (Å²) in [4.78, 5) is 38.4. The van der Waals surface area contributed by atoms with Crippen molar-refractivity contribution in [3.8, 4) is 0 Å². The number of nitrogens with zero attached hydrogens (tertiary/aromatic N) is 10. The maximum atomic E-state index is 12.3. The van der Waals surface area contributed by atoms with Crippen LogP contribution in [0.15, 0.2) is 22.7 Å². The number of aromatic nitrogens is 8. The molecular formula is C46H75BrN12O5. The zero-order valence-electron chi connectivity index (χ0n) is 40.9. The van der Waals surface area contributed by atoms with Gasteiger partial charge in [0, 0.05) is 58.9 Å². The minimum absolute atomic E-state index is 0.228. The number of hydrogen-bond donors (Lipinski definition) is 2. The normalized spacial score (nSPS) is 15.5. The van der Waals surface area contributed by atoms with Gasteiger partial charge in [-0.2, -0.15) is 20.4 Å². The molecule has 4 aromatic rings. The highest BCUT2D eigenvalue weighted by Gasteiger charge is 2.37. The van der Waals surface area contributed by atoms with Crippen LogP contribution in [-0.4, -0.2) is 103 Å². The fraction of sp³-hybridized carbons (Fsp3) is 0.674. The van der Waals surface area contributed by atoms with Crippen LogP contribution in [0, 0.1) is 27.7 Å². The molecule has 4 aliphatic carbocycles. The Morgan fingerprint density at radius 1 is 0.703 bits per heavy atom. The van der Waals surface area contributed by atoms with E-state index in [-0.39, 0.29) is 12.2 Å². The number of nitrogens with one attached hydrogen (secondary N) is 1. The van der Waals surface area contributed by atoms with Crippen LogP contribution in [0.4, 0.5) is 9.59 Å². The molecule has 4 heterocycles. The van der Waals surface area contributed by atoms with Crippen LogP contribution in [-0.2, 0) is 57.3 Å². The molecule has 3 N–H and O–H groups in total. The fourth-order valence-corrected chi connectivity index (χ4v) is 6.76. The molecule has 0 bridgehead atoms. The molecule has 0 spiro atoms. The van der Waals surface area contributed by atoms with Gasteiger partial charge < -0.3 is 20.5 Å². The van der Waals surface area contributed by atoms with Gasteiger partial charge in [-0.15, -0.1) is 0 Å². The number of rotatable bonds is 10. The first kappa shape index (κ1) is 52.1. The van der Waals surface area contributed by atoms with Crippen molar-refractivity contribution >= 4 is 34.4 Å². The van der Waals surface area contributed by atoms with Crippen LogP contribution in [0.5, 0.6) is 0 Å². The fourth-order valence-electron chi connectivity index (χ4n) is 6.30. The predicted molar refractivity (Wildman–Crippen MR) is 252 cm³/mol. The number of aldehydes is 1. The zero-order chi connectivity index (χ0) is 47.7. The maximum Gasteiger partial charge on any atom is 0.410 e. The third-order valence-electron chi connectivity index (χ3n) is 10.3. The van der Waals surface area contributed by atoms with E-state index in [2.05, 4.69) is 47.7 Å². The van der Waals surface area contributed by atoms with E-state index in [1.807, 2.05) is 120 Å². The SMILES string of the molecule is Cc1cc(C=O)n(C)n1.Cc1cc(CN(C(=O)OC(C)(C)C)C2CC2)n(C)n1.Cc1cc(CNC2CC2)n(C)n1.Cc1nn(C)c(CN(C(=O)OC(C)(C)C)C2CC2)c1Br.NC1CC1. The summed E-state index contributed by atoms with van der Waals surface area (Å²) in [6, 6.07) is 7.87. The molecule has 64 heavy (non-hydrogen) atoms. The highest BCUT2D eigenvalue weighted by atomic mass is 79.9. The number of amides is 2. The highest BCUT2D eigenvalue weighted by molar-refractivity contribution is 9.10. The lowest BCUT2D eigenvalue weighted by atomic mass is 10.2. The van der Waals surface area contributed by atoms with Crippen LogP contribution in [0.2, 0.25) is 0 Å². The van der Waals surface area contributed by atoms with Crippen molar-refractivity contribution < 1.29 is 23.9 Å². The van der Waals surface area contributed by atoms with Crippen LogP contribution in [0.1, 0.15) is 143 Å². The van der Waals surface area contributed by atoms with Gasteiger partial charge in [0.1, 0.15) is 16.9 Å². The molecule has 4 aromatic heterocycles.